The van der Waals surface area contributed by atoms with Gasteiger partial charge in [0.15, 0.2) is 0 Å². The fourth-order valence-electron chi connectivity index (χ4n) is 1.65. The van der Waals surface area contributed by atoms with E-state index < -0.39 is 0 Å². The molecule has 0 aromatic carbocycles. The maximum absolute atomic E-state index is 11.3. The molecule has 0 aromatic heterocycles. The summed E-state index contributed by atoms with van der Waals surface area (Å²) in [6, 6.07) is 0.444. The van der Waals surface area contributed by atoms with Crippen molar-refractivity contribution in [1.82, 2.24) is 10.6 Å². The van der Waals surface area contributed by atoms with E-state index in [4.69, 9.17) is 4.74 Å². The SMILES string of the molecule is O=C(COC1CCNCC1)NC1CC1. The van der Waals surface area contributed by atoms with Gasteiger partial charge in [-0.15, -0.1) is 0 Å². The molecule has 0 aromatic rings. The smallest absolute Gasteiger partial charge is 0.246 e. The lowest BCUT2D eigenvalue weighted by Crippen LogP contribution is -2.36. The van der Waals surface area contributed by atoms with Crippen molar-refractivity contribution in [1.29, 1.82) is 0 Å². The van der Waals surface area contributed by atoms with E-state index in [9.17, 15) is 4.79 Å². The van der Waals surface area contributed by atoms with E-state index in [-0.39, 0.29) is 18.6 Å². The molecule has 2 rings (SSSR count). The normalized spacial score (nSPS) is 23.4. The van der Waals surface area contributed by atoms with Crippen LogP contribution < -0.4 is 10.6 Å². The monoisotopic (exact) mass is 198 g/mol. The average Bonchev–Trinajstić information content (AvgIpc) is 3.00. The first-order valence-corrected chi connectivity index (χ1v) is 5.46. The molecule has 1 amide bonds. The highest BCUT2D eigenvalue weighted by molar-refractivity contribution is 5.77. The van der Waals surface area contributed by atoms with Crippen LogP contribution in [0.4, 0.5) is 0 Å². The summed E-state index contributed by atoms with van der Waals surface area (Å²) in [6.45, 7) is 2.25. The van der Waals surface area contributed by atoms with Crippen LogP contribution >= 0.6 is 0 Å². The highest BCUT2D eigenvalue weighted by Crippen LogP contribution is 2.18. The molecule has 1 saturated carbocycles. The van der Waals surface area contributed by atoms with E-state index in [0.717, 1.165) is 38.8 Å². The lowest BCUT2D eigenvalue weighted by atomic mass is 10.1. The Morgan fingerprint density at radius 2 is 2.00 bits per heavy atom. The van der Waals surface area contributed by atoms with Crippen LogP contribution in [-0.2, 0) is 9.53 Å². The summed E-state index contributed by atoms with van der Waals surface area (Å²) in [4.78, 5) is 11.3. The fraction of sp³-hybridized carbons (Fsp3) is 0.900. The third-order valence-corrected chi connectivity index (χ3v) is 2.68. The second-order valence-electron chi connectivity index (χ2n) is 4.10. The molecule has 1 aliphatic heterocycles. The highest BCUT2D eigenvalue weighted by Gasteiger charge is 2.23. The van der Waals surface area contributed by atoms with Crippen molar-refractivity contribution in [2.75, 3.05) is 19.7 Å². The molecule has 0 bridgehead atoms. The molecule has 1 saturated heterocycles. The van der Waals surface area contributed by atoms with E-state index in [1.807, 2.05) is 0 Å². The summed E-state index contributed by atoms with van der Waals surface area (Å²) < 4.78 is 5.52. The molecule has 2 aliphatic rings. The van der Waals surface area contributed by atoms with Crippen molar-refractivity contribution >= 4 is 5.91 Å². The second kappa shape index (κ2) is 4.75. The first-order chi connectivity index (χ1) is 6.84. The summed E-state index contributed by atoms with van der Waals surface area (Å²) in [5.41, 5.74) is 0. The second-order valence-corrected chi connectivity index (χ2v) is 4.10. The molecule has 80 valence electrons. The average molecular weight is 198 g/mol. The number of rotatable bonds is 4. The van der Waals surface area contributed by atoms with Gasteiger partial charge in [-0.25, -0.2) is 0 Å². The Morgan fingerprint density at radius 1 is 1.29 bits per heavy atom. The standard InChI is InChI=1S/C10H18N2O2/c13-10(12-8-1-2-8)7-14-9-3-5-11-6-4-9/h8-9,11H,1-7H2,(H,12,13). The number of hydrogen-bond donors (Lipinski definition) is 2. The Morgan fingerprint density at radius 3 is 2.64 bits per heavy atom. The summed E-state index contributed by atoms with van der Waals surface area (Å²) in [6.07, 6.45) is 4.60. The van der Waals surface area contributed by atoms with Gasteiger partial charge in [-0.3, -0.25) is 4.79 Å². The van der Waals surface area contributed by atoms with Crippen molar-refractivity contribution in [3.63, 3.8) is 0 Å². The highest BCUT2D eigenvalue weighted by atomic mass is 16.5. The minimum Gasteiger partial charge on any atom is -0.368 e. The molecule has 0 atom stereocenters. The minimum absolute atomic E-state index is 0.0473. The number of ether oxygens (including phenoxy) is 1. The molecule has 0 radical (unpaired) electrons. The Bertz CT molecular complexity index is 198. The molecule has 0 unspecified atom stereocenters. The van der Waals surface area contributed by atoms with Gasteiger partial charge in [0, 0.05) is 6.04 Å². The van der Waals surface area contributed by atoms with Crippen molar-refractivity contribution in [2.24, 2.45) is 0 Å². The zero-order valence-electron chi connectivity index (χ0n) is 8.42. The number of hydrogen-bond acceptors (Lipinski definition) is 3. The number of piperidine rings is 1. The molecule has 2 fully saturated rings. The number of amides is 1. The van der Waals surface area contributed by atoms with Gasteiger partial charge in [-0.2, -0.15) is 0 Å². The molecule has 1 heterocycles. The van der Waals surface area contributed by atoms with Crippen molar-refractivity contribution in [3.8, 4) is 0 Å². The number of carbonyl (C=O) groups excluding carboxylic acids is 1. The molecule has 2 N–H and O–H groups in total. The van der Waals surface area contributed by atoms with Crippen molar-refractivity contribution in [2.45, 2.75) is 37.8 Å². The topological polar surface area (TPSA) is 50.4 Å². The van der Waals surface area contributed by atoms with Gasteiger partial charge in [0.05, 0.1) is 6.10 Å². The summed E-state index contributed by atoms with van der Waals surface area (Å²) >= 11 is 0. The maximum Gasteiger partial charge on any atom is 0.246 e. The lowest BCUT2D eigenvalue weighted by molar-refractivity contribution is -0.128. The van der Waals surface area contributed by atoms with Gasteiger partial charge < -0.3 is 15.4 Å². The zero-order chi connectivity index (χ0) is 9.80. The van der Waals surface area contributed by atoms with Gasteiger partial charge in [0.1, 0.15) is 6.61 Å². The van der Waals surface area contributed by atoms with Gasteiger partial charge in [0.2, 0.25) is 5.91 Å². The van der Waals surface area contributed by atoms with Crippen LogP contribution in [0.25, 0.3) is 0 Å². The Balaban J connectivity index is 1.57. The van der Waals surface area contributed by atoms with Crippen LogP contribution in [0.15, 0.2) is 0 Å². The number of carbonyl (C=O) groups is 1. The number of nitrogens with one attached hydrogen (secondary N) is 2. The molecular formula is C10H18N2O2. The van der Waals surface area contributed by atoms with Crippen LogP contribution in [0.2, 0.25) is 0 Å². The fourth-order valence-corrected chi connectivity index (χ4v) is 1.65. The van der Waals surface area contributed by atoms with Gasteiger partial charge in [-0.05, 0) is 38.8 Å². The van der Waals surface area contributed by atoms with Crippen molar-refractivity contribution < 1.29 is 9.53 Å². The van der Waals surface area contributed by atoms with Gasteiger partial charge >= 0.3 is 0 Å². The van der Waals surface area contributed by atoms with Gasteiger partial charge in [0.25, 0.3) is 0 Å². The zero-order valence-corrected chi connectivity index (χ0v) is 8.42. The van der Waals surface area contributed by atoms with Crippen molar-refractivity contribution in [3.05, 3.63) is 0 Å². The first kappa shape index (κ1) is 9.93. The van der Waals surface area contributed by atoms with E-state index in [1.165, 1.54) is 0 Å². The van der Waals surface area contributed by atoms with E-state index in [2.05, 4.69) is 10.6 Å². The Hall–Kier alpha value is -0.610. The largest absolute Gasteiger partial charge is 0.368 e. The molecule has 14 heavy (non-hydrogen) atoms. The van der Waals surface area contributed by atoms with Crippen LogP contribution in [-0.4, -0.2) is 37.7 Å². The van der Waals surface area contributed by atoms with E-state index in [1.54, 1.807) is 0 Å². The van der Waals surface area contributed by atoms with Crippen LogP contribution in [0.1, 0.15) is 25.7 Å². The summed E-state index contributed by atoms with van der Waals surface area (Å²) in [5, 5.41) is 6.18. The van der Waals surface area contributed by atoms with Gasteiger partial charge in [-0.1, -0.05) is 0 Å². The molecule has 4 heteroatoms. The maximum atomic E-state index is 11.3. The third-order valence-electron chi connectivity index (χ3n) is 2.68. The minimum atomic E-state index is 0.0473. The third kappa shape index (κ3) is 3.27. The first-order valence-electron chi connectivity index (χ1n) is 5.46. The van der Waals surface area contributed by atoms with Crippen LogP contribution in [0, 0.1) is 0 Å². The van der Waals surface area contributed by atoms with Crippen LogP contribution in [0.3, 0.4) is 0 Å². The predicted molar refractivity (Wildman–Crippen MR) is 53.0 cm³/mol. The summed E-state index contributed by atoms with van der Waals surface area (Å²) in [7, 11) is 0. The Labute approximate surface area is 84.4 Å². The molecule has 0 spiro atoms. The quantitative estimate of drug-likeness (QED) is 0.670. The Kier molecular flexibility index (Phi) is 3.37. The molecular weight excluding hydrogens is 180 g/mol. The predicted octanol–water partition coefficient (Wildman–Crippen LogP) is 0.0336. The molecule has 1 aliphatic carbocycles. The summed E-state index contributed by atoms with van der Waals surface area (Å²) in [5.74, 6) is 0.0473. The van der Waals surface area contributed by atoms with E-state index >= 15 is 0 Å². The van der Waals surface area contributed by atoms with E-state index in [0.29, 0.717) is 6.04 Å². The molecule has 4 nitrogen and oxygen atoms in total. The lowest BCUT2D eigenvalue weighted by Gasteiger charge is -2.22. The van der Waals surface area contributed by atoms with Crippen LogP contribution in [0.5, 0.6) is 0 Å².